The van der Waals surface area contributed by atoms with Crippen molar-refractivity contribution in [1.29, 1.82) is 0 Å². The van der Waals surface area contributed by atoms with Crippen molar-refractivity contribution >= 4 is 17.5 Å². The van der Waals surface area contributed by atoms with E-state index in [9.17, 15) is 9.18 Å². The zero-order valence-electron chi connectivity index (χ0n) is 9.87. The monoisotopic (exact) mass is 236 g/mol. The Morgan fingerprint density at radius 3 is 2.65 bits per heavy atom. The van der Waals surface area contributed by atoms with Gasteiger partial charge in [-0.15, -0.1) is 0 Å². The highest BCUT2D eigenvalue weighted by Gasteiger charge is 2.17. The molecule has 0 aliphatic carbocycles. The number of benzene rings is 1. The molecule has 0 unspecified atom stereocenters. The Hall–Kier alpha value is -2.09. The van der Waals surface area contributed by atoms with Gasteiger partial charge in [0, 0.05) is 5.69 Å². The van der Waals surface area contributed by atoms with E-state index < -0.39 is 17.5 Å². The quantitative estimate of drug-likeness (QED) is 0.755. The van der Waals surface area contributed by atoms with Crippen LogP contribution < -0.4 is 5.32 Å². The summed E-state index contributed by atoms with van der Waals surface area (Å²) in [4.78, 5) is 14.6. The molecule has 0 aromatic heterocycles. The average molecular weight is 236 g/mol. The molecule has 1 N–H and O–H groups in total. The first-order valence-electron chi connectivity index (χ1n) is 4.99. The van der Waals surface area contributed by atoms with E-state index in [4.69, 9.17) is 11.3 Å². The van der Waals surface area contributed by atoms with E-state index in [0.717, 1.165) is 6.07 Å². The molecule has 17 heavy (non-hydrogen) atoms. The minimum atomic E-state index is -0.672. The molecule has 0 heterocycles. The SMILES string of the molecule is [C-]#[N+]c1cc(F)ccc1NC(=O)OC(C)(C)C. The van der Waals surface area contributed by atoms with Crippen molar-refractivity contribution in [2.45, 2.75) is 26.4 Å². The molecule has 0 atom stereocenters. The third-order valence-electron chi connectivity index (χ3n) is 1.72. The Morgan fingerprint density at radius 2 is 2.12 bits per heavy atom. The van der Waals surface area contributed by atoms with E-state index in [0.29, 0.717) is 0 Å². The number of nitrogens with zero attached hydrogens (tertiary/aromatic N) is 1. The minimum Gasteiger partial charge on any atom is -0.444 e. The zero-order valence-corrected chi connectivity index (χ0v) is 9.87. The van der Waals surface area contributed by atoms with Crippen LogP contribution in [0.4, 0.5) is 20.6 Å². The predicted octanol–water partition coefficient (Wildman–Crippen LogP) is 3.72. The highest BCUT2D eigenvalue weighted by molar-refractivity contribution is 5.89. The molecule has 0 bridgehead atoms. The summed E-state index contributed by atoms with van der Waals surface area (Å²) in [6.45, 7) is 12.1. The summed E-state index contributed by atoms with van der Waals surface area (Å²) >= 11 is 0. The van der Waals surface area contributed by atoms with Crippen LogP contribution in [-0.4, -0.2) is 11.7 Å². The van der Waals surface area contributed by atoms with Crippen molar-refractivity contribution in [3.63, 3.8) is 0 Å². The van der Waals surface area contributed by atoms with Crippen LogP contribution in [0.3, 0.4) is 0 Å². The van der Waals surface area contributed by atoms with E-state index in [1.54, 1.807) is 20.8 Å². The van der Waals surface area contributed by atoms with Crippen LogP contribution in [0.25, 0.3) is 4.85 Å². The summed E-state index contributed by atoms with van der Waals surface area (Å²) in [6.07, 6.45) is -0.672. The van der Waals surface area contributed by atoms with Crippen molar-refractivity contribution in [1.82, 2.24) is 0 Å². The maximum Gasteiger partial charge on any atom is 0.411 e. The molecular weight excluding hydrogens is 223 g/mol. The standard InChI is InChI=1S/C12H13FN2O2/c1-12(2,3)17-11(16)15-9-6-5-8(13)7-10(9)14-4/h5-7H,1-3H3,(H,15,16). The van der Waals surface area contributed by atoms with Gasteiger partial charge in [-0.25, -0.2) is 14.0 Å². The maximum atomic E-state index is 12.9. The molecule has 0 fully saturated rings. The molecule has 1 aromatic rings. The number of hydrogen-bond acceptors (Lipinski definition) is 2. The Labute approximate surface area is 99.2 Å². The fourth-order valence-corrected chi connectivity index (χ4v) is 1.12. The number of nitrogens with one attached hydrogen (secondary N) is 1. The van der Waals surface area contributed by atoms with Gasteiger partial charge in [-0.1, -0.05) is 0 Å². The lowest BCUT2D eigenvalue weighted by atomic mass is 10.2. The van der Waals surface area contributed by atoms with Crippen LogP contribution in [0.15, 0.2) is 18.2 Å². The van der Waals surface area contributed by atoms with Crippen LogP contribution >= 0.6 is 0 Å². The summed E-state index contributed by atoms with van der Waals surface area (Å²) in [6, 6.07) is 3.55. The summed E-state index contributed by atoms with van der Waals surface area (Å²) in [5.74, 6) is -0.522. The number of halogens is 1. The Bertz CT molecular complexity index is 472. The highest BCUT2D eigenvalue weighted by atomic mass is 19.1. The largest absolute Gasteiger partial charge is 0.444 e. The van der Waals surface area contributed by atoms with E-state index >= 15 is 0 Å². The summed E-state index contributed by atoms with van der Waals surface area (Å²) in [7, 11) is 0. The van der Waals surface area contributed by atoms with Gasteiger partial charge in [-0.2, -0.15) is 0 Å². The lowest BCUT2D eigenvalue weighted by molar-refractivity contribution is 0.0636. The van der Waals surface area contributed by atoms with Gasteiger partial charge in [0.15, 0.2) is 0 Å². The Balaban J connectivity index is 2.83. The molecule has 90 valence electrons. The van der Waals surface area contributed by atoms with E-state index in [1.807, 2.05) is 0 Å². The van der Waals surface area contributed by atoms with Crippen LogP contribution in [0.2, 0.25) is 0 Å². The smallest absolute Gasteiger partial charge is 0.411 e. The molecular formula is C12H13FN2O2. The molecule has 0 saturated heterocycles. The van der Waals surface area contributed by atoms with Crippen molar-refractivity contribution in [2.75, 3.05) is 5.32 Å². The highest BCUT2D eigenvalue weighted by Crippen LogP contribution is 2.26. The van der Waals surface area contributed by atoms with Crippen LogP contribution in [0.5, 0.6) is 0 Å². The van der Waals surface area contributed by atoms with Crippen LogP contribution in [0.1, 0.15) is 20.8 Å². The molecule has 0 saturated carbocycles. The first kappa shape index (κ1) is 13.0. The number of anilines is 1. The summed E-state index contributed by atoms with van der Waals surface area (Å²) < 4.78 is 17.9. The third-order valence-corrected chi connectivity index (χ3v) is 1.72. The molecule has 0 aliphatic rings. The first-order valence-corrected chi connectivity index (χ1v) is 4.99. The first-order chi connectivity index (χ1) is 7.81. The van der Waals surface area contributed by atoms with Crippen molar-refractivity contribution in [3.8, 4) is 0 Å². The van der Waals surface area contributed by atoms with E-state index in [1.165, 1.54) is 12.1 Å². The van der Waals surface area contributed by atoms with Crippen molar-refractivity contribution < 1.29 is 13.9 Å². The second kappa shape index (κ2) is 4.83. The molecule has 0 aliphatic heterocycles. The van der Waals surface area contributed by atoms with Crippen molar-refractivity contribution in [2.24, 2.45) is 0 Å². The number of rotatable bonds is 1. The molecule has 1 rings (SSSR count). The lowest BCUT2D eigenvalue weighted by Crippen LogP contribution is -2.27. The van der Waals surface area contributed by atoms with Gasteiger partial charge in [0.2, 0.25) is 5.69 Å². The Kier molecular flexibility index (Phi) is 3.69. The molecule has 0 radical (unpaired) electrons. The number of carbonyl (C=O) groups is 1. The fraction of sp³-hybridized carbons (Fsp3) is 0.333. The zero-order chi connectivity index (χ0) is 13.1. The average Bonchev–Trinajstić information content (AvgIpc) is 2.17. The molecule has 1 aromatic carbocycles. The summed E-state index contributed by atoms with van der Waals surface area (Å²) in [5.41, 5.74) is -0.353. The number of carbonyl (C=O) groups excluding carboxylic acids is 1. The minimum absolute atomic E-state index is 0.0378. The second-order valence-corrected chi connectivity index (χ2v) is 4.40. The number of ether oxygens (including phenoxy) is 1. The van der Waals surface area contributed by atoms with Gasteiger partial charge < -0.3 is 10.1 Å². The molecule has 1 amide bonds. The van der Waals surface area contributed by atoms with Crippen LogP contribution in [0, 0.1) is 12.4 Å². The number of amides is 1. The fourth-order valence-electron chi connectivity index (χ4n) is 1.12. The van der Waals surface area contributed by atoms with Gasteiger partial charge in [0.1, 0.15) is 11.4 Å². The van der Waals surface area contributed by atoms with Gasteiger partial charge in [-0.05, 0) is 39.0 Å². The van der Waals surface area contributed by atoms with E-state index in [-0.39, 0.29) is 11.4 Å². The maximum absolute atomic E-state index is 12.9. The van der Waals surface area contributed by atoms with E-state index in [2.05, 4.69) is 10.2 Å². The second-order valence-electron chi connectivity index (χ2n) is 4.40. The number of hydrogen-bond donors (Lipinski definition) is 1. The van der Waals surface area contributed by atoms with Gasteiger partial charge in [0.05, 0.1) is 6.57 Å². The topological polar surface area (TPSA) is 42.7 Å². The normalized spacial score (nSPS) is 10.5. The predicted molar refractivity (Wildman–Crippen MR) is 62.5 cm³/mol. The molecule has 0 spiro atoms. The van der Waals surface area contributed by atoms with Gasteiger partial charge >= 0.3 is 6.09 Å². The Morgan fingerprint density at radius 1 is 1.47 bits per heavy atom. The van der Waals surface area contributed by atoms with Crippen LogP contribution in [-0.2, 0) is 4.74 Å². The van der Waals surface area contributed by atoms with Gasteiger partial charge in [0.25, 0.3) is 0 Å². The molecule has 5 heteroatoms. The third kappa shape index (κ3) is 4.11. The molecule has 4 nitrogen and oxygen atoms in total. The summed E-state index contributed by atoms with van der Waals surface area (Å²) in [5, 5.41) is 2.40. The lowest BCUT2D eigenvalue weighted by Gasteiger charge is -2.20. The van der Waals surface area contributed by atoms with Gasteiger partial charge in [-0.3, -0.25) is 0 Å². The van der Waals surface area contributed by atoms with Crippen molar-refractivity contribution in [3.05, 3.63) is 35.4 Å².